The fraction of sp³-hybridized carbons (Fsp3) is 0.278. The SMILES string of the molecule is CCN(CC)C(=O)Cc1c(-c2ccc([18F])nc2)nc2ccc(Cl)cn12. The Morgan fingerprint density at radius 1 is 1.24 bits per heavy atom. The van der Waals surface area contributed by atoms with Crippen LogP contribution in [0.2, 0.25) is 5.02 Å². The molecule has 0 fully saturated rings. The van der Waals surface area contributed by atoms with Gasteiger partial charge in [-0.25, -0.2) is 9.97 Å². The Hall–Kier alpha value is -2.47. The summed E-state index contributed by atoms with van der Waals surface area (Å²) in [6.45, 7) is 5.16. The molecule has 0 saturated carbocycles. The van der Waals surface area contributed by atoms with E-state index >= 15 is 0 Å². The van der Waals surface area contributed by atoms with E-state index < -0.39 is 5.95 Å². The second-order valence-corrected chi connectivity index (χ2v) is 6.03. The third-order valence-electron chi connectivity index (χ3n) is 4.12. The molecule has 0 N–H and O–H groups in total. The Morgan fingerprint density at radius 2 is 2.00 bits per heavy atom. The van der Waals surface area contributed by atoms with Gasteiger partial charge in [0.15, 0.2) is 0 Å². The highest BCUT2D eigenvalue weighted by Crippen LogP contribution is 2.26. The van der Waals surface area contributed by atoms with E-state index in [1.807, 2.05) is 18.2 Å². The quantitative estimate of drug-likeness (QED) is 0.654. The lowest BCUT2D eigenvalue weighted by atomic mass is 10.1. The maximum atomic E-state index is 13.2. The summed E-state index contributed by atoms with van der Waals surface area (Å²) in [5, 5.41) is 0.546. The third kappa shape index (κ3) is 3.49. The summed E-state index contributed by atoms with van der Waals surface area (Å²) >= 11 is 6.11. The number of carbonyl (C=O) groups is 1. The van der Waals surface area contributed by atoms with Gasteiger partial charge in [0.2, 0.25) is 11.9 Å². The minimum atomic E-state index is -0.559. The van der Waals surface area contributed by atoms with Crippen LogP contribution in [0.1, 0.15) is 19.5 Å². The van der Waals surface area contributed by atoms with Gasteiger partial charge >= 0.3 is 0 Å². The van der Waals surface area contributed by atoms with Crippen molar-refractivity contribution in [2.24, 2.45) is 0 Å². The van der Waals surface area contributed by atoms with Crippen LogP contribution in [-0.4, -0.2) is 38.3 Å². The van der Waals surface area contributed by atoms with Gasteiger partial charge in [-0.15, -0.1) is 0 Å². The lowest BCUT2D eigenvalue weighted by molar-refractivity contribution is -0.130. The van der Waals surface area contributed by atoms with E-state index in [1.165, 1.54) is 12.3 Å². The molecule has 0 aromatic carbocycles. The zero-order valence-corrected chi connectivity index (χ0v) is 14.8. The first-order chi connectivity index (χ1) is 12.0. The highest BCUT2D eigenvalue weighted by atomic mass is 35.5. The van der Waals surface area contributed by atoms with Crippen LogP contribution in [-0.2, 0) is 11.2 Å². The van der Waals surface area contributed by atoms with Crippen LogP contribution in [0.3, 0.4) is 0 Å². The number of aromatic nitrogens is 3. The van der Waals surface area contributed by atoms with Gasteiger partial charge in [0, 0.05) is 31.0 Å². The van der Waals surface area contributed by atoms with Crippen molar-refractivity contribution in [1.29, 1.82) is 0 Å². The first-order valence-electron chi connectivity index (χ1n) is 8.09. The van der Waals surface area contributed by atoms with Crippen molar-refractivity contribution in [3.63, 3.8) is 0 Å². The van der Waals surface area contributed by atoms with E-state index in [0.717, 1.165) is 0 Å². The van der Waals surface area contributed by atoms with E-state index in [4.69, 9.17) is 11.6 Å². The van der Waals surface area contributed by atoms with Gasteiger partial charge in [-0.2, -0.15) is 4.39 Å². The van der Waals surface area contributed by atoms with Crippen LogP contribution in [0.4, 0.5) is 4.39 Å². The highest BCUT2D eigenvalue weighted by Gasteiger charge is 2.20. The van der Waals surface area contributed by atoms with Gasteiger partial charge < -0.3 is 9.30 Å². The molecule has 3 heterocycles. The molecule has 0 aliphatic rings. The zero-order chi connectivity index (χ0) is 18.0. The highest BCUT2D eigenvalue weighted by molar-refractivity contribution is 6.30. The largest absolute Gasteiger partial charge is 0.343 e. The summed E-state index contributed by atoms with van der Waals surface area (Å²) in [6.07, 6.45) is 3.33. The number of carbonyl (C=O) groups excluding carboxylic acids is 1. The second kappa shape index (κ2) is 7.19. The van der Waals surface area contributed by atoms with Crippen molar-refractivity contribution >= 4 is 23.2 Å². The second-order valence-electron chi connectivity index (χ2n) is 5.60. The van der Waals surface area contributed by atoms with E-state index in [-0.39, 0.29) is 12.3 Å². The maximum absolute atomic E-state index is 13.2. The molecule has 0 spiro atoms. The number of rotatable bonds is 5. The van der Waals surface area contributed by atoms with Crippen LogP contribution in [0.5, 0.6) is 0 Å². The average molecular weight is 360 g/mol. The number of nitrogens with zero attached hydrogens (tertiary/aromatic N) is 4. The van der Waals surface area contributed by atoms with Crippen molar-refractivity contribution in [2.45, 2.75) is 20.3 Å². The first kappa shape index (κ1) is 17.4. The number of imidazole rings is 1. The molecule has 25 heavy (non-hydrogen) atoms. The lowest BCUT2D eigenvalue weighted by Gasteiger charge is -2.18. The summed E-state index contributed by atoms with van der Waals surface area (Å²) in [5.41, 5.74) is 2.65. The maximum Gasteiger partial charge on any atom is 0.228 e. The minimum Gasteiger partial charge on any atom is -0.343 e. The number of hydrogen-bond acceptors (Lipinski definition) is 3. The molecular weight excluding hydrogens is 342 g/mol. The molecule has 0 unspecified atom stereocenters. The standard InChI is InChI=1S/C18H18ClFN4O/c1-3-23(4-2)17(25)9-14-18(12-5-7-15(20)21-10-12)22-16-8-6-13(19)11-24(14)16/h5-8,10-11H,3-4,9H2,1-2H3/i20-1. The lowest BCUT2D eigenvalue weighted by Crippen LogP contribution is -2.32. The topological polar surface area (TPSA) is 50.5 Å². The van der Waals surface area contributed by atoms with E-state index in [9.17, 15) is 9.18 Å². The number of halogens is 2. The molecule has 130 valence electrons. The Balaban J connectivity index is 2.12. The molecule has 3 aromatic rings. The molecule has 0 radical (unpaired) electrons. The monoisotopic (exact) mass is 359 g/mol. The van der Waals surface area contributed by atoms with Crippen LogP contribution in [0.25, 0.3) is 16.9 Å². The average Bonchev–Trinajstić information content (AvgIpc) is 2.94. The molecule has 0 aliphatic heterocycles. The van der Waals surface area contributed by atoms with Gasteiger partial charge in [0.25, 0.3) is 0 Å². The van der Waals surface area contributed by atoms with Crippen LogP contribution in [0.15, 0.2) is 36.7 Å². The fourth-order valence-corrected chi connectivity index (χ4v) is 2.98. The van der Waals surface area contributed by atoms with Crippen molar-refractivity contribution in [2.75, 3.05) is 13.1 Å². The van der Waals surface area contributed by atoms with Gasteiger partial charge in [-0.05, 0) is 38.1 Å². The molecule has 0 bridgehead atoms. The summed E-state index contributed by atoms with van der Waals surface area (Å²) in [5.74, 6) is -0.556. The van der Waals surface area contributed by atoms with E-state index in [0.29, 0.717) is 40.7 Å². The Bertz CT molecular complexity index is 903. The van der Waals surface area contributed by atoms with Gasteiger partial charge in [-0.1, -0.05) is 11.6 Å². The summed E-state index contributed by atoms with van der Waals surface area (Å²) in [6, 6.07) is 6.42. The van der Waals surface area contributed by atoms with Crippen molar-refractivity contribution in [3.05, 3.63) is 53.3 Å². The number of hydrogen-bond donors (Lipinski definition) is 0. The minimum absolute atomic E-state index is 0.00287. The number of amides is 1. The smallest absolute Gasteiger partial charge is 0.228 e. The predicted molar refractivity (Wildman–Crippen MR) is 95.0 cm³/mol. The number of fused-ring (bicyclic) bond motifs is 1. The Kier molecular flexibility index (Phi) is 4.99. The number of pyridine rings is 2. The molecule has 0 saturated heterocycles. The van der Waals surface area contributed by atoms with Crippen LogP contribution in [0, 0.1) is 5.95 Å². The predicted octanol–water partition coefficient (Wildman–Crippen LogP) is 3.60. The fourth-order valence-electron chi connectivity index (χ4n) is 2.81. The van der Waals surface area contributed by atoms with Crippen LogP contribution < -0.4 is 0 Å². The van der Waals surface area contributed by atoms with Crippen molar-refractivity contribution < 1.29 is 9.18 Å². The summed E-state index contributed by atoms with van der Waals surface area (Å²) in [7, 11) is 0. The van der Waals surface area contributed by atoms with Crippen molar-refractivity contribution in [3.8, 4) is 11.3 Å². The Morgan fingerprint density at radius 3 is 2.64 bits per heavy atom. The van der Waals surface area contributed by atoms with E-state index in [2.05, 4.69) is 9.97 Å². The van der Waals surface area contributed by atoms with Gasteiger partial charge in [-0.3, -0.25) is 4.79 Å². The molecule has 0 aliphatic carbocycles. The van der Waals surface area contributed by atoms with E-state index in [1.54, 1.807) is 29.3 Å². The Labute approximate surface area is 150 Å². The van der Waals surface area contributed by atoms with Gasteiger partial charge in [0.1, 0.15) is 5.65 Å². The molecule has 3 aromatic heterocycles. The van der Waals surface area contributed by atoms with Crippen molar-refractivity contribution in [1.82, 2.24) is 19.3 Å². The molecule has 1 amide bonds. The number of likely N-dealkylation sites (N-methyl/N-ethyl adjacent to an activating group) is 1. The first-order valence-corrected chi connectivity index (χ1v) is 8.47. The molecule has 0 atom stereocenters. The molecule has 5 nitrogen and oxygen atoms in total. The zero-order valence-electron chi connectivity index (χ0n) is 14.0. The third-order valence-corrected chi connectivity index (χ3v) is 4.34. The summed E-state index contributed by atoms with van der Waals surface area (Å²) < 4.78 is 15.0. The summed E-state index contributed by atoms with van der Waals surface area (Å²) in [4.78, 5) is 22.7. The molecule has 3 rings (SSSR count). The normalized spacial score (nSPS) is 11.0. The molecular formula is C18H18ClFN4O. The molecule has 7 heteroatoms. The van der Waals surface area contributed by atoms with Gasteiger partial charge in [0.05, 0.1) is 22.8 Å². The van der Waals surface area contributed by atoms with Crippen LogP contribution >= 0.6 is 11.6 Å².